The fraction of sp³-hybridized carbons (Fsp3) is 0.815. The Balaban J connectivity index is 2.97. The maximum absolute atomic E-state index is 13.6. The average Bonchev–Trinajstić information content (AvgIpc) is 3.43. The summed E-state index contributed by atoms with van der Waals surface area (Å²) < 4.78 is 0. The Hall–Kier alpha value is -2.97. The number of nitrogens with one attached hydrogen (secondary N) is 3. The van der Waals surface area contributed by atoms with Crippen LogP contribution in [-0.4, -0.2) is 96.0 Å². The molecule has 0 aliphatic carbocycles. The molecule has 0 bridgehead atoms. The molecule has 1 aliphatic heterocycles. The number of hydrogen-bond acceptors (Lipinski definition) is 8. The summed E-state index contributed by atoms with van der Waals surface area (Å²) in [6.45, 7) is 5.09. The Morgan fingerprint density at radius 3 is 2.32 bits per heavy atom. The minimum Gasteiger partial charge on any atom is -0.391 e. The van der Waals surface area contributed by atoms with Gasteiger partial charge in [0.15, 0.2) is 5.96 Å². The normalized spacial score (nSPS) is 17.7. The lowest BCUT2D eigenvalue weighted by Crippen LogP contribution is -2.58. The van der Waals surface area contributed by atoms with Gasteiger partial charge in [-0.25, -0.2) is 0 Å². The smallest absolute Gasteiger partial charge is 0.245 e. The van der Waals surface area contributed by atoms with Gasteiger partial charge < -0.3 is 48.9 Å². The first-order chi connectivity index (χ1) is 19.5. The molecule has 1 heterocycles. The molecule has 12 N–H and O–H groups in total. The van der Waals surface area contributed by atoms with Gasteiger partial charge in [-0.1, -0.05) is 26.2 Å². The molecule has 5 atom stereocenters. The molecule has 0 spiro atoms. The molecule has 41 heavy (non-hydrogen) atoms. The molecule has 1 fully saturated rings. The second kappa shape index (κ2) is 20.0. The fourth-order valence-electron chi connectivity index (χ4n) is 4.67. The topological polar surface area (TPSA) is 244 Å². The third-order valence-corrected chi connectivity index (χ3v) is 7.13. The van der Waals surface area contributed by atoms with Crippen molar-refractivity contribution < 1.29 is 24.3 Å². The maximum Gasteiger partial charge on any atom is 0.245 e. The molecule has 0 saturated carbocycles. The number of guanidine groups is 1. The quantitative estimate of drug-likeness (QED) is 0.0473. The summed E-state index contributed by atoms with van der Waals surface area (Å²) in [5.41, 5.74) is 22.2. The van der Waals surface area contributed by atoms with E-state index >= 15 is 0 Å². The highest BCUT2D eigenvalue weighted by Crippen LogP contribution is 2.20. The number of nitrogens with two attached hydrogens (primary N) is 4. The van der Waals surface area contributed by atoms with Crippen LogP contribution in [0, 0.1) is 0 Å². The fourth-order valence-corrected chi connectivity index (χ4v) is 4.67. The van der Waals surface area contributed by atoms with E-state index in [0.717, 1.165) is 25.7 Å². The van der Waals surface area contributed by atoms with E-state index in [2.05, 4.69) is 27.9 Å². The van der Waals surface area contributed by atoms with Gasteiger partial charge in [-0.05, 0) is 64.8 Å². The highest BCUT2D eigenvalue weighted by Gasteiger charge is 2.39. The molecule has 14 nitrogen and oxygen atoms in total. The van der Waals surface area contributed by atoms with Crippen molar-refractivity contribution in [2.75, 3.05) is 26.2 Å². The van der Waals surface area contributed by atoms with Gasteiger partial charge in [0.1, 0.15) is 24.2 Å². The van der Waals surface area contributed by atoms with Gasteiger partial charge in [-0.2, -0.15) is 0 Å². The number of aliphatic imine (C=N–C) groups is 1. The average molecular weight is 584 g/mol. The van der Waals surface area contributed by atoms with Gasteiger partial charge in [0.05, 0.1) is 6.10 Å². The summed E-state index contributed by atoms with van der Waals surface area (Å²) >= 11 is 0. The molecule has 0 aromatic rings. The Bertz CT molecular complexity index is 851. The number of likely N-dealkylation sites (tertiary alicyclic amines) is 1. The first kappa shape index (κ1) is 36.1. The van der Waals surface area contributed by atoms with E-state index in [1.807, 2.05) is 0 Å². The van der Waals surface area contributed by atoms with Crippen molar-refractivity contribution in [1.29, 1.82) is 0 Å². The van der Waals surface area contributed by atoms with Crippen LogP contribution in [0.3, 0.4) is 0 Å². The number of hydrogen-bond donors (Lipinski definition) is 8. The molecule has 1 saturated heterocycles. The van der Waals surface area contributed by atoms with Gasteiger partial charge >= 0.3 is 0 Å². The number of aliphatic hydroxyl groups excluding tert-OH is 1. The van der Waals surface area contributed by atoms with E-state index in [1.165, 1.54) is 11.8 Å². The zero-order valence-electron chi connectivity index (χ0n) is 24.8. The Morgan fingerprint density at radius 1 is 0.976 bits per heavy atom. The van der Waals surface area contributed by atoms with Crippen molar-refractivity contribution in [3.05, 3.63) is 0 Å². The Kier molecular flexibility index (Phi) is 17.6. The van der Waals surface area contributed by atoms with E-state index in [9.17, 15) is 24.3 Å². The number of amides is 4. The summed E-state index contributed by atoms with van der Waals surface area (Å²) in [6, 6.07) is -3.73. The van der Waals surface area contributed by atoms with Crippen molar-refractivity contribution in [3.63, 3.8) is 0 Å². The zero-order valence-corrected chi connectivity index (χ0v) is 24.8. The predicted octanol–water partition coefficient (Wildman–Crippen LogP) is -1.47. The summed E-state index contributed by atoms with van der Waals surface area (Å²) in [5.74, 6) is -1.84. The first-order valence-electron chi connectivity index (χ1n) is 14.9. The largest absolute Gasteiger partial charge is 0.391 e. The third-order valence-electron chi connectivity index (χ3n) is 7.13. The monoisotopic (exact) mass is 583 g/mol. The van der Waals surface area contributed by atoms with Gasteiger partial charge in [0.25, 0.3) is 0 Å². The summed E-state index contributed by atoms with van der Waals surface area (Å²) in [4.78, 5) is 57.9. The van der Waals surface area contributed by atoms with Gasteiger partial charge in [0.2, 0.25) is 23.6 Å². The summed E-state index contributed by atoms with van der Waals surface area (Å²) in [6.07, 6.45) is 6.27. The summed E-state index contributed by atoms with van der Waals surface area (Å²) in [7, 11) is 0. The van der Waals surface area contributed by atoms with Gasteiger partial charge in [-0.3, -0.25) is 24.2 Å². The van der Waals surface area contributed by atoms with Gasteiger partial charge in [0, 0.05) is 19.6 Å². The highest BCUT2D eigenvalue weighted by molar-refractivity contribution is 5.95. The summed E-state index contributed by atoms with van der Waals surface area (Å²) in [5, 5.41) is 18.1. The zero-order chi connectivity index (χ0) is 30.8. The number of aliphatic hydroxyl groups is 1. The second-order valence-electron chi connectivity index (χ2n) is 10.7. The SMILES string of the molecule is CCCCCCNC(=O)C(CCCN=C(N)N)NC(=O)C1CCCN1C(=O)C(CCCCN)NC(=O)C(N)C(C)O. The van der Waals surface area contributed by atoms with Crippen molar-refractivity contribution in [1.82, 2.24) is 20.9 Å². The van der Waals surface area contributed by atoms with E-state index in [1.54, 1.807) is 0 Å². The van der Waals surface area contributed by atoms with Crippen LogP contribution in [0.15, 0.2) is 4.99 Å². The lowest BCUT2D eigenvalue weighted by Gasteiger charge is -2.30. The van der Waals surface area contributed by atoms with Crippen molar-refractivity contribution in [3.8, 4) is 0 Å². The Morgan fingerprint density at radius 2 is 1.68 bits per heavy atom. The Labute approximate surface area is 243 Å². The van der Waals surface area contributed by atoms with Crippen LogP contribution in [0.25, 0.3) is 0 Å². The van der Waals surface area contributed by atoms with E-state index in [0.29, 0.717) is 71.1 Å². The van der Waals surface area contributed by atoms with Crippen LogP contribution < -0.4 is 38.9 Å². The van der Waals surface area contributed by atoms with Crippen LogP contribution in [0.4, 0.5) is 0 Å². The van der Waals surface area contributed by atoms with Crippen LogP contribution in [-0.2, 0) is 19.2 Å². The molecule has 236 valence electrons. The number of unbranched alkanes of at least 4 members (excludes halogenated alkanes) is 4. The van der Waals surface area contributed by atoms with E-state index in [4.69, 9.17) is 22.9 Å². The molecule has 1 rings (SSSR count). The van der Waals surface area contributed by atoms with E-state index in [-0.39, 0.29) is 11.9 Å². The lowest BCUT2D eigenvalue weighted by atomic mass is 10.1. The van der Waals surface area contributed by atoms with Crippen LogP contribution >= 0.6 is 0 Å². The molecule has 5 unspecified atom stereocenters. The number of nitrogens with zero attached hydrogens (tertiary/aromatic N) is 2. The van der Waals surface area contributed by atoms with Crippen molar-refractivity contribution >= 4 is 29.6 Å². The number of carbonyl (C=O) groups is 4. The number of rotatable bonds is 20. The van der Waals surface area contributed by atoms with Crippen LogP contribution in [0.2, 0.25) is 0 Å². The second-order valence-corrected chi connectivity index (χ2v) is 10.7. The highest BCUT2D eigenvalue weighted by atomic mass is 16.3. The third kappa shape index (κ3) is 13.5. The molecule has 14 heteroatoms. The van der Waals surface area contributed by atoms with Crippen LogP contribution in [0.1, 0.15) is 84.5 Å². The standard InChI is InChI=1S/C27H53N9O5/c1-3-4-5-8-15-32-23(38)19(12-9-16-33-27(30)31)34-24(39)21-13-10-17-36(21)26(41)20(11-6-7-14-28)35-25(40)22(29)18(2)37/h18-22,37H,3-17,28-29H2,1-2H3,(H,32,38)(H,34,39)(H,35,40)(H4,30,31,33). The van der Waals surface area contributed by atoms with Crippen LogP contribution in [0.5, 0.6) is 0 Å². The maximum atomic E-state index is 13.6. The molecule has 1 aliphatic rings. The number of carbonyl (C=O) groups excluding carboxylic acids is 4. The first-order valence-corrected chi connectivity index (χ1v) is 14.9. The molecule has 0 aromatic carbocycles. The molecular formula is C27H53N9O5. The minimum absolute atomic E-state index is 0.0476. The molecular weight excluding hydrogens is 530 g/mol. The van der Waals surface area contributed by atoms with E-state index < -0.39 is 48.0 Å². The lowest BCUT2D eigenvalue weighted by molar-refractivity contribution is -0.142. The predicted molar refractivity (Wildman–Crippen MR) is 158 cm³/mol. The minimum atomic E-state index is -1.20. The van der Waals surface area contributed by atoms with Gasteiger partial charge in [-0.15, -0.1) is 0 Å². The van der Waals surface area contributed by atoms with Crippen molar-refractivity contribution in [2.24, 2.45) is 27.9 Å². The molecule has 0 aromatic heterocycles. The molecule has 4 amide bonds. The van der Waals surface area contributed by atoms with Crippen molar-refractivity contribution in [2.45, 2.75) is 115 Å². The molecule has 0 radical (unpaired) electrons.